The molecule has 108 valence electrons. The van der Waals surface area contributed by atoms with Crippen LogP contribution in [0.1, 0.15) is 43.9 Å². The molecule has 4 heteroatoms. The van der Waals surface area contributed by atoms with Gasteiger partial charge in [-0.3, -0.25) is 4.90 Å². The summed E-state index contributed by atoms with van der Waals surface area (Å²) >= 11 is 0. The lowest BCUT2D eigenvalue weighted by molar-refractivity contribution is 0.105. The predicted octanol–water partition coefficient (Wildman–Crippen LogP) is 2.29. The molecule has 1 aromatic heterocycles. The predicted molar refractivity (Wildman–Crippen MR) is 79.8 cm³/mol. The number of aromatic nitrogens is 1. The minimum absolute atomic E-state index is 0.547. The molecule has 2 rings (SSSR count). The summed E-state index contributed by atoms with van der Waals surface area (Å²) in [6.45, 7) is 4.74. The van der Waals surface area contributed by atoms with Crippen LogP contribution in [0, 0.1) is 17.2 Å². The van der Waals surface area contributed by atoms with Crippen molar-refractivity contribution in [2.45, 2.75) is 45.2 Å². The Kier molecular flexibility index (Phi) is 5.51. The standard InChI is InChI=1S/C16H24N4/c1-2-20(16-8-4-3-6-13(16)10-17)12-14-7-5-9-19-15(14)11-18/h5,7,9,13,16H,2-4,6,8,10,12,17H2,1H3. The van der Waals surface area contributed by atoms with Crippen LogP contribution in [0.15, 0.2) is 18.3 Å². The van der Waals surface area contributed by atoms with Gasteiger partial charge in [0.15, 0.2) is 0 Å². The van der Waals surface area contributed by atoms with Crippen LogP contribution < -0.4 is 5.73 Å². The Hall–Kier alpha value is -1.44. The van der Waals surface area contributed by atoms with Crippen molar-refractivity contribution < 1.29 is 0 Å². The maximum absolute atomic E-state index is 9.16. The first-order chi connectivity index (χ1) is 9.80. The number of nitriles is 1. The molecule has 1 aliphatic rings. The number of hydrogen-bond donors (Lipinski definition) is 1. The number of pyridine rings is 1. The molecule has 2 unspecified atom stereocenters. The van der Waals surface area contributed by atoms with Gasteiger partial charge in [0.1, 0.15) is 11.8 Å². The van der Waals surface area contributed by atoms with Gasteiger partial charge in [-0.2, -0.15) is 5.26 Å². The Morgan fingerprint density at radius 1 is 1.45 bits per heavy atom. The molecule has 4 nitrogen and oxygen atoms in total. The van der Waals surface area contributed by atoms with Crippen LogP contribution in [0.3, 0.4) is 0 Å². The fourth-order valence-corrected chi connectivity index (χ4v) is 3.29. The smallest absolute Gasteiger partial charge is 0.144 e. The lowest BCUT2D eigenvalue weighted by atomic mass is 9.83. The summed E-state index contributed by atoms with van der Waals surface area (Å²) < 4.78 is 0. The molecule has 1 saturated carbocycles. The van der Waals surface area contributed by atoms with Gasteiger partial charge in [-0.15, -0.1) is 0 Å². The number of nitrogens with zero attached hydrogens (tertiary/aromatic N) is 3. The van der Waals surface area contributed by atoms with Gasteiger partial charge in [-0.1, -0.05) is 25.8 Å². The van der Waals surface area contributed by atoms with Gasteiger partial charge in [0.2, 0.25) is 0 Å². The molecule has 1 aromatic rings. The van der Waals surface area contributed by atoms with Crippen LogP contribution in [0.4, 0.5) is 0 Å². The summed E-state index contributed by atoms with van der Waals surface area (Å²) in [5.41, 5.74) is 7.52. The zero-order valence-electron chi connectivity index (χ0n) is 12.3. The van der Waals surface area contributed by atoms with Gasteiger partial charge in [-0.05, 0) is 37.9 Å². The van der Waals surface area contributed by atoms with E-state index in [2.05, 4.69) is 22.9 Å². The summed E-state index contributed by atoms with van der Waals surface area (Å²) in [5, 5.41) is 9.16. The summed E-state index contributed by atoms with van der Waals surface area (Å²) in [5.74, 6) is 0.589. The normalized spacial score (nSPS) is 22.7. The summed E-state index contributed by atoms with van der Waals surface area (Å²) in [7, 11) is 0. The van der Waals surface area contributed by atoms with E-state index in [1.165, 1.54) is 25.7 Å². The highest BCUT2D eigenvalue weighted by atomic mass is 15.2. The lowest BCUT2D eigenvalue weighted by Gasteiger charge is -2.39. The maximum atomic E-state index is 9.16. The molecule has 0 saturated heterocycles. The van der Waals surface area contributed by atoms with Crippen molar-refractivity contribution in [2.75, 3.05) is 13.1 Å². The quantitative estimate of drug-likeness (QED) is 0.893. The van der Waals surface area contributed by atoms with Crippen molar-refractivity contribution in [3.05, 3.63) is 29.6 Å². The first-order valence-corrected chi connectivity index (χ1v) is 7.58. The molecule has 2 N–H and O–H groups in total. The summed E-state index contributed by atoms with van der Waals surface area (Å²) in [4.78, 5) is 6.62. The van der Waals surface area contributed by atoms with E-state index in [0.29, 0.717) is 17.7 Å². The van der Waals surface area contributed by atoms with Crippen LogP contribution in [0.2, 0.25) is 0 Å². The first kappa shape index (κ1) is 15.0. The average molecular weight is 272 g/mol. The highest BCUT2D eigenvalue weighted by Crippen LogP contribution is 2.29. The third kappa shape index (κ3) is 3.36. The Morgan fingerprint density at radius 3 is 2.95 bits per heavy atom. The second-order valence-corrected chi connectivity index (χ2v) is 5.53. The molecule has 0 aliphatic heterocycles. The summed E-state index contributed by atoms with van der Waals surface area (Å²) in [6.07, 6.45) is 6.72. The molecule has 20 heavy (non-hydrogen) atoms. The monoisotopic (exact) mass is 272 g/mol. The second kappa shape index (κ2) is 7.37. The molecule has 2 atom stereocenters. The van der Waals surface area contributed by atoms with E-state index >= 15 is 0 Å². The maximum Gasteiger partial charge on any atom is 0.144 e. The van der Waals surface area contributed by atoms with Crippen LogP contribution in [-0.4, -0.2) is 29.0 Å². The van der Waals surface area contributed by atoms with Crippen LogP contribution in [0.5, 0.6) is 0 Å². The van der Waals surface area contributed by atoms with Gasteiger partial charge in [0, 0.05) is 24.3 Å². The zero-order chi connectivity index (χ0) is 14.4. The van der Waals surface area contributed by atoms with E-state index in [1.54, 1.807) is 6.20 Å². The molecule has 0 bridgehead atoms. The van der Waals surface area contributed by atoms with E-state index in [9.17, 15) is 0 Å². The van der Waals surface area contributed by atoms with E-state index in [0.717, 1.165) is 25.2 Å². The van der Waals surface area contributed by atoms with Gasteiger partial charge >= 0.3 is 0 Å². The van der Waals surface area contributed by atoms with Crippen molar-refractivity contribution in [3.63, 3.8) is 0 Å². The Bertz CT molecular complexity index is 466. The Labute approximate surface area is 121 Å². The van der Waals surface area contributed by atoms with Gasteiger partial charge in [0.25, 0.3) is 0 Å². The van der Waals surface area contributed by atoms with E-state index in [1.807, 2.05) is 12.1 Å². The lowest BCUT2D eigenvalue weighted by Crippen LogP contribution is -2.44. The molecule has 1 aliphatic carbocycles. The Morgan fingerprint density at radius 2 is 2.25 bits per heavy atom. The van der Waals surface area contributed by atoms with Gasteiger partial charge < -0.3 is 5.73 Å². The number of rotatable bonds is 5. The summed E-state index contributed by atoms with van der Waals surface area (Å²) in [6, 6.07) is 6.65. The second-order valence-electron chi connectivity index (χ2n) is 5.53. The third-order valence-electron chi connectivity index (χ3n) is 4.42. The molecule has 1 heterocycles. The molecule has 0 spiro atoms. The van der Waals surface area contributed by atoms with Crippen molar-refractivity contribution in [1.29, 1.82) is 5.26 Å². The topological polar surface area (TPSA) is 65.9 Å². The first-order valence-electron chi connectivity index (χ1n) is 7.58. The highest BCUT2D eigenvalue weighted by molar-refractivity contribution is 5.30. The van der Waals surface area contributed by atoms with Crippen LogP contribution in [0.25, 0.3) is 0 Å². The fraction of sp³-hybridized carbons (Fsp3) is 0.625. The zero-order valence-corrected chi connectivity index (χ0v) is 12.3. The minimum Gasteiger partial charge on any atom is -0.330 e. The molecule has 1 fully saturated rings. The molecular formula is C16H24N4. The van der Waals surface area contributed by atoms with Crippen LogP contribution in [-0.2, 0) is 6.54 Å². The largest absolute Gasteiger partial charge is 0.330 e. The van der Waals surface area contributed by atoms with E-state index < -0.39 is 0 Å². The minimum atomic E-state index is 0.547. The van der Waals surface area contributed by atoms with Gasteiger partial charge in [0.05, 0.1) is 0 Å². The van der Waals surface area contributed by atoms with Crippen molar-refractivity contribution in [3.8, 4) is 6.07 Å². The molecular weight excluding hydrogens is 248 g/mol. The van der Waals surface area contributed by atoms with Crippen LogP contribution >= 0.6 is 0 Å². The average Bonchev–Trinajstić information content (AvgIpc) is 2.53. The van der Waals surface area contributed by atoms with Crippen molar-refractivity contribution in [1.82, 2.24) is 9.88 Å². The number of nitrogens with two attached hydrogens (primary N) is 1. The molecule has 0 radical (unpaired) electrons. The van der Waals surface area contributed by atoms with E-state index in [4.69, 9.17) is 11.0 Å². The molecule has 0 amide bonds. The van der Waals surface area contributed by atoms with E-state index in [-0.39, 0.29) is 0 Å². The highest BCUT2D eigenvalue weighted by Gasteiger charge is 2.28. The van der Waals surface area contributed by atoms with Crippen molar-refractivity contribution in [2.24, 2.45) is 11.7 Å². The Balaban J connectivity index is 2.14. The fourth-order valence-electron chi connectivity index (χ4n) is 3.29. The third-order valence-corrected chi connectivity index (χ3v) is 4.42. The van der Waals surface area contributed by atoms with Crippen molar-refractivity contribution >= 4 is 0 Å². The SMILES string of the molecule is CCN(Cc1cccnc1C#N)C1CCCCC1CN. The van der Waals surface area contributed by atoms with Gasteiger partial charge in [-0.25, -0.2) is 4.98 Å². The molecule has 0 aromatic carbocycles. The number of hydrogen-bond acceptors (Lipinski definition) is 4.